The average Bonchev–Trinajstić information content (AvgIpc) is 3.21. The van der Waals surface area contributed by atoms with Gasteiger partial charge in [-0.05, 0) is 55.7 Å². The molecule has 0 saturated carbocycles. The van der Waals surface area contributed by atoms with Crippen LogP contribution in [0.2, 0.25) is 0 Å². The molecule has 0 spiro atoms. The smallest absolute Gasteiger partial charge is 0.198 e. The molecule has 4 nitrogen and oxygen atoms in total. The van der Waals surface area contributed by atoms with Crippen molar-refractivity contribution < 1.29 is 9.50 Å². The van der Waals surface area contributed by atoms with Crippen LogP contribution in [0.3, 0.4) is 0 Å². The quantitative estimate of drug-likeness (QED) is 0.682. The first kappa shape index (κ1) is 15.7. The minimum absolute atomic E-state index is 0.0748. The Morgan fingerprint density at radius 3 is 2.76 bits per heavy atom. The number of aromatic nitrogens is 1. The molecule has 0 radical (unpaired) electrons. The second kappa shape index (κ2) is 6.24. The number of hydrogen-bond donors (Lipinski definition) is 2. The number of benzene rings is 2. The second-order valence-electron chi connectivity index (χ2n) is 6.47. The van der Waals surface area contributed by atoms with Gasteiger partial charge < -0.3 is 15.0 Å². The number of aromatic amines is 1. The van der Waals surface area contributed by atoms with Gasteiger partial charge in [-0.1, -0.05) is 6.07 Å². The first-order valence-corrected chi connectivity index (χ1v) is 8.52. The molecular weight excluding hydrogens is 317 g/mol. The van der Waals surface area contributed by atoms with Crippen molar-refractivity contribution in [2.75, 3.05) is 18.0 Å². The maximum absolute atomic E-state index is 14.1. The lowest BCUT2D eigenvalue weighted by Gasteiger charge is -2.20. The number of anilines is 1. The number of fused-ring (bicyclic) bond motifs is 1. The lowest BCUT2D eigenvalue weighted by Crippen LogP contribution is -2.18. The van der Waals surface area contributed by atoms with Crippen LogP contribution in [0, 0.1) is 12.7 Å². The molecule has 0 bridgehead atoms. The van der Waals surface area contributed by atoms with Crippen LogP contribution in [0.4, 0.5) is 15.8 Å². The molecule has 128 valence electrons. The van der Waals surface area contributed by atoms with Crippen molar-refractivity contribution in [3.05, 3.63) is 53.3 Å². The van der Waals surface area contributed by atoms with Crippen LogP contribution in [0.5, 0.6) is 5.88 Å². The van der Waals surface area contributed by atoms with Crippen LogP contribution in [0.15, 0.2) is 41.4 Å². The summed E-state index contributed by atoms with van der Waals surface area (Å²) in [6.45, 7) is 4.29. The monoisotopic (exact) mass is 337 g/mol. The fraction of sp³-hybridized carbons (Fsp3) is 0.250. The molecule has 2 aromatic carbocycles. The van der Waals surface area contributed by atoms with Gasteiger partial charge in [-0.15, -0.1) is 0 Å². The molecule has 1 aliphatic rings. The van der Waals surface area contributed by atoms with E-state index in [1.54, 1.807) is 12.1 Å². The molecule has 2 N–H and O–H groups in total. The Morgan fingerprint density at radius 2 is 2.00 bits per heavy atom. The number of H-pyrrole nitrogens is 1. The molecule has 1 aromatic heterocycles. The Kier molecular flexibility index (Phi) is 3.92. The Morgan fingerprint density at radius 1 is 1.20 bits per heavy atom. The van der Waals surface area contributed by atoms with Crippen molar-refractivity contribution in [1.82, 2.24) is 4.98 Å². The third-order valence-corrected chi connectivity index (χ3v) is 4.76. The van der Waals surface area contributed by atoms with Crippen LogP contribution in [-0.4, -0.2) is 29.4 Å². The number of rotatable bonds is 3. The summed E-state index contributed by atoms with van der Waals surface area (Å²) in [6, 6.07) is 10.8. The summed E-state index contributed by atoms with van der Waals surface area (Å²) >= 11 is 0. The summed E-state index contributed by atoms with van der Waals surface area (Å²) < 4.78 is 14.1. The first-order chi connectivity index (χ1) is 12.1. The van der Waals surface area contributed by atoms with E-state index in [1.165, 1.54) is 36.4 Å². The van der Waals surface area contributed by atoms with Crippen molar-refractivity contribution >= 4 is 28.5 Å². The molecule has 2 heterocycles. The molecule has 1 aliphatic heterocycles. The lowest BCUT2D eigenvalue weighted by molar-refractivity contribution is 0.457. The van der Waals surface area contributed by atoms with Crippen LogP contribution in [0.1, 0.15) is 24.0 Å². The van der Waals surface area contributed by atoms with E-state index in [1.807, 2.05) is 12.1 Å². The molecule has 25 heavy (non-hydrogen) atoms. The Labute approximate surface area is 145 Å². The molecule has 0 atom stereocenters. The van der Waals surface area contributed by atoms with Crippen LogP contribution < -0.4 is 4.90 Å². The van der Waals surface area contributed by atoms with E-state index in [-0.39, 0.29) is 11.7 Å². The summed E-state index contributed by atoms with van der Waals surface area (Å²) in [7, 11) is 0. The van der Waals surface area contributed by atoms with Gasteiger partial charge in [0.25, 0.3) is 0 Å². The molecule has 0 amide bonds. The van der Waals surface area contributed by atoms with Gasteiger partial charge >= 0.3 is 0 Å². The normalized spacial score (nSPS) is 14.9. The van der Waals surface area contributed by atoms with Crippen molar-refractivity contribution in [1.29, 1.82) is 0 Å². The Bertz CT molecular complexity index is 955. The molecule has 1 saturated heterocycles. The second-order valence-corrected chi connectivity index (χ2v) is 6.47. The molecule has 3 aromatic rings. The van der Waals surface area contributed by atoms with E-state index in [0.29, 0.717) is 16.5 Å². The zero-order valence-corrected chi connectivity index (χ0v) is 14.1. The van der Waals surface area contributed by atoms with Crippen molar-refractivity contribution in [3.63, 3.8) is 0 Å². The number of hydrogen-bond acceptors (Lipinski definition) is 3. The number of nitrogens with one attached hydrogen (secondary N) is 1. The highest BCUT2D eigenvalue weighted by Gasteiger charge is 2.15. The van der Waals surface area contributed by atoms with Gasteiger partial charge in [0.2, 0.25) is 0 Å². The SMILES string of the molecule is Cc1cc(N=Cc2c(O)[nH]c3cccc(F)c23)ccc1N1CCCC1. The summed E-state index contributed by atoms with van der Waals surface area (Å²) in [4.78, 5) is 9.61. The number of aryl methyl sites for hydroxylation is 1. The standard InChI is InChI=1S/C20H20FN3O/c1-13-11-14(7-8-18(13)24-9-2-3-10-24)22-12-15-19-16(21)5-4-6-17(19)23-20(15)25/h4-8,11-12,23,25H,2-3,9-10H2,1H3. The summed E-state index contributed by atoms with van der Waals surface area (Å²) in [5.41, 5.74) is 4.13. The van der Waals surface area contributed by atoms with Crippen molar-refractivity contribution in [2.45, 2.75) is 19.8 Å². The minimum atomic E-state index is -0.379. The van der Waals surface area contributed by atoms with E-state index >= 15 is 0 Å². The fourth-order valence-corrected chi connectivity index (χ4v) is 3.51. The van der Waals surface area contributed by atoms with E-state index in [2.05, 4.69) is 27.9 Å². The predicted molar refractivity (Wildman–Crippen MR) is 99.8 cm³/mol. The highest BCUT2D eigenvalue weighted by molar-refractivity contribution is 6.02. The Balaban J connectivity index is 1.66. The Hall–Kier alpha value is -2.82. The highest BCUT2D eigenvalue weighted by Crippen LogP contribution is 2.30. The van der Waals surface area contributed by atoms with Crippen molar-refractivity contribution in [2.24, 2.45) is 4.99 Å². The predicted octanol–water partition coefficient (Wildman–Crippen LogP) is 4.67. The van der Waals surface area contributed by atoms with Gasteiger partial charge in [0.1, 0.15) is 5.82 Å². The zero-order valence-electron chi connectivity index (χ0n) is 14.1. The number of nitrogens with zero attached hydrogens (tertiary/aromatic N) is 2. The van der Waals surface area contributed by atoms with Gasteiger partial charge in [0.15, 0.2) is 5.88 Å². The molecule has 0 unspecified atom stereocenters. The molecule has 1 fully saturated rings. The lowest BCUT2D eigenvalue weighted by atomic mass is 10.1. The minimum Gasteiger partial charge on any atom is -0.494 e. The molecule has 5 heteroatoms. The molecule has 4 rings (SSSR count). The van der Waals surface area contributed by atoms with E-state index < -0.39 is 0 Å². The first-order valence-electron chi connectivity index (χ1n) is 8.52. The third kappa shape index (κ3) is 2.86. The van der Waals surface area contributed by atoms with Crippen LogP contribution in [0.25, 0.3) is 10.9 Å². The number of aromatic hydroxyl groups is 1. The topological polar surface area (TPSA) is 51.6 Å². The van der Waals surface area contributed by atoms with Gasteiger partial charge in [-0.2, -0.15) is 0 Å². The van der Waals surface area contributed by atoms with E-state index in [4.69, 9.17) is 0 Å². The molecular formula is C20H20FN3O. The molecule has 0 aliphatic carbocycles. The number of aliphatic imine (C=N–C) groups is 1. The van der Waals surface area contributed by atoms with Gasteiger partial charge in [-0.25, -0.2) is 4.39 Å². The van der Waals surface area contributed by atoms with Crippen LogP contribution >= 0.6 is 0 Å². The maximum Gasteiger partial charge on any atom is 0.198 e. The maximum atomic E-state index is 14.1. The van der Waals surface area contributed by atoms with E-state index in [9.17, 15) is 9.50 Å². The third-order valence-electron chi connectivity index (χ3n) is 4.76. The summed E-state index contributed by atoms with van der Waals surface area (Å²) in [6.07, 6.45) is 4.00. The number of halogens is 1. The highest BCUT2D eigenvalue weighted by atomic mass is 19.1. The zero-order chi connectivity index (χ0) is 17.4. The fourth-order valence-electron chi connectivity index (χ4n) is 3.51. The van der Waals surface area contributed by atoms with Gasteiger partial charge in [-0.3, -0.25) is 4.99 Å². The largest absolute Gasteiger partial charge is 0.494 e. The summed E-state index contributed by atoms with van der Waals surface area (Å²) in [5, 5.41) is 10.4. The van der Waals surface area contributed by atoms with Gasteiger partial charge in [0.05, 0.1) is 16.8 Å². The van der Waals surface area contributed by atoms with Gasteiger partial charge in [0, 0.05) is 30.4 Å². The average molecular weight is 337 g/mol. The van der Waals surface area contributed by atoms with Crippen molar-refractivity contribution in [3.8, 4) is 5.88 Å². The van der Waals surface area contributed by atoms with Crippen LogP contribution in [-0.2, 0) is 0 Å². The van der Waals surface area contributed by atoms with E-state index in [0.717, 1.165) is 18.8 Å². The summed E-state index contributed by atoms with van der Waals surface area (Å²) in [5.74, 6) is -0.453.